The first-order chi connectivity index (χ1) is 22.6. The first-order valence-electron chi connectivity index (χ1n) is 16.0. The van der Waals surface area contributed by atoms with E-state index < -0.39 is 34.7 Å². The van der Waals surface area contributed by atoms with Crippen LogP contribution in [0.1, 0.15) is 60.4 Å². The monoisotopic (exact) mass is 646 g/mol. The van der Waals surface area contributed by atoms with Crippen LogP contribution >= 0.6 is 0 Å². The SMILES string of the molecule is CCOC(CN1CCN(c2cc3c(cc2F)c(=O)c(C(=O)O)cn3C2CC2)CC1)n1c(=O)cc(Nc2ccc(C)c(CC)c2)[nH]c1=O. The Morgan fingerprint density at radius 3 is 2.47 bits per heavy atom. The molecule has 1 aliphatic carbocycles. The lowest BCUT2D eigenvalue weighted by atomic mass is 10.1. The highest BCUT2D eigenvalue weighted by Crippen LogP contribution is 2.38. The van der Waals surface area contributed by atoms with Crippen molar-refractivity contribution in [3.8, 4) is 0 Å². The van der Waals surface area contributed by atoms with Gasteiger partial charge < -0.3 is 24.6 Å². The number of piperazine rings is 1. The van der Waals surface area contributed by atoms with Crippen LogP contribution in [0.5, 0.6) is 0 Å². The van der Waals surface area contributed by atoms with Gasteiger partial charge >= 0.3 is 11.7 Å². The lowest BCUT2D eigenvalue weighted by Gasteiger charge is -2.37. The van der Waals surface area contributed by atoms with E-state index in [-0.39, 0.29) is 36.0 Å². The number of carboxylic acid groups (broad SMARTS) is 1. The number of hydrogen-bond acceptors (Lipinski definition) is 8. The Morgan fingerprint density at radius 2 is 1.83 bits per heavy atom. The topological polar surface area (TPSA) is 142 Å². The smallest absolute Gasteiger partial charge is 0.341 e. The molecule has 0 radical (unpaired) electrons. The van der Waals surface area contributed by atoms with Crippen molar-refractivity contribution in [3.05, 3.63) is 96.2 Å². The number of halogens is 1. The minimum Gasteiger partial charge on any atom is -0.477 e. The zero-order valence-corrected chi connectivity index (χ0v) is 26.7. The van der Waals surface area contributed by atoms with E-state index in [9.17, 15) is 24.3 Å². The maximum atomic E-state index is 15.5. The molecule has 0 bridgehead atoms. The number of carbonyl (C=O) groups is 1. The maximum Gasteiger partial charge on any atom is 0.341 e. The van der Waals surface area contributed by atoms with E-state index >= 15 is 4.39 Å². The quantitative estimate of drug-likeness (QED) is 0.221. The van der Waals surface area contributed by atoms with E-state index in [1.165, 1.54) is 23.4 Å². The van der Waals surface area contributed by atoms with Crippen LogP contribution in [-0.2, 0) is 11.2 Å². The van der Waals surface area contributed by atoms with Gasteiger partial charge in [0, 0.05) is 68.7 Å². The van der Waals surface area contributed by atoms with Crippen LogP contribution in [0.25, 0.3) is 10.9 Å². The van der Waals surface area contributed by atoms with Crippen molar-refractivity contribution in [1.82, 2.24) is 19.0 Å². The summed E-state index contributed by atoms with van der Waals surface area (Å²) in [6.07, 6.45) is 3.12. The van der Waals surface area contributed by atoms with Gasteiger partial charge in [-0.15, -0.1) is 0 Å². The van der Waals surface area contributed by atoms with Crippen molar-refractivity contribution in [1.29, 1.82) is 0 Å². The fourth-order valence-electron chi connectivity index (χ4n) is 6.33. The molecule has 6 rings (SSSR count). The zero-order valence-electron chi connectivity index (χ0n) is 26.7. The standard InChI is InChI=1S/C34H39FN6O6/c1-4-21-14-22(7-6-20(21)3)36-29-17-30(42)41(34(46)37-29)31(47-5-2)19-38-10-12-39(13-11-38)28-16-27-24(15-26(28)35)32(43)25(33(44)45)18-40(27)23-8-9-23/h6-7,14-18,23,31,36H,4-5,8-13,19H2,1-3H3,(H,37,46)(H,44,45). The van der Waals surface area contributed by atoms with E-state index in [0.717, 1.165) is 35.6 Å². The molecule has 3 N–H and O–H groups in total. The summed E-state index contributed by atoms with van der Waals surface area (Å²) in [4.78, 5) is 57.7. The van der Waals surface area contributed by atoms with Gasteiger partial charge in [-0.25, -0.2) is 18.5 Å². The first-order valence-corrected chi connectivity index (χ1v) is 16.0. The van der Waals surface area contributed by atoms with Gasteiger partial charge in [-0.1, -0.05) is 13.0 Å². The maximum absolute atomic E-state index is 15.5. The van der Waals surface area contributed by atoms with Gasteiger partial charge in [0.25, 0.3) is 5.56 Å². The van der Waals surface area contributed by atoms with Crippen LogP contribution in [0.15, 0.2) is 57.0 Å². The summed E-state index contributed by atoms with van der Waals surface area (Å²) in [6.45, 7) is 8.38. The van der Waals surface area contributed by atoms with Gasteiger partial charge in [0.2, 0.25) is 5.43 Å². The molecule has 12 nitrogen and oxygen atoms in total. The number of ether oxygens (including phenoxy) is 1. The number of benzene rings is 2. The number of carboxylic acids is 1. The molecular weight excluding hydrogens is 607 g/mol. The number of aromatic nitrogens is 3. The number of aromatic carboxylic acids is 1. The highest BCUT2D eigenvalue weighted by Gasteiger charge is 2.29. The third-order valence-corrected chi connectivity index (χ3v) is 9.02. The number of nitrogens with zero attached hydrogens (tertiary/aromatic N) is 4. The molecule has 0 spiro atoms. The average Bonchev–Trinajstić information content (AvgIpc) is 3.88. The Morgan fingerprint density at radius 1 is 1.09 bits per heavy atom. The number of anilines is 3. The third-order valence-electron chi connectivity index (χ3n) is 9.02. The van der Waals surface area contributed by atoms with Crippen LogP contribution in [0.3, 0.4) is 0 Å². The molecule has 0 amide bonds. The van der Waals surface area contributed by atoms with Gasteiger partial charge in [0.05, 0.1) is 11.2 Å². The molecule has 2 fully saturated rings. The second kappa shape index (κ2) is 13.2. The van der Waals surface area contributed by atoms with Gasteiger partial charge in [0.1, 0.15) is 17.2 Å². The van der Waals surface area contributed by atoms with Crippen molar-refractivity contribution in [2.45, 2.75) is 52.3 Å². The number of pyridine rings is 1. The minimum atomic E-state index is -1.33. The van der Waals surface area contributed by atoms with Crippen molar-refractivity contribution >= 4 is 34.1 Å². The van der Waals surface area contributed by atoms with Gasteiger partial charge in [-0.05, 0) is 68.5 Å². The van der Waals surface area contributed by atoms with Crippen LogP contribution < -0.4 is 26.9 Å². The van der Waals surface area contributed by atoms with Crippen molar-refractivity contribution in [3.63, 3.8) is 0 Å². The molecule has 3 heterocycles. The average molecular weight is 647 g/mol. The Bertz CT molecular complexity index is 1980. The number of rotatable bonds is 11. The zero-order chi connectivity index (χ0) is 33.4. The highest BCUT2D eigenvalue weighted by atomic mass is 19.1. The van der Waals surface area contributed by atoms with Gasteiger partial charge in [-0.3, -0.25) is 19.5 Å². The van der Waals surface area contributed by atoms with E-state index in [1.807, 2.05) is 30.0 Å². The lowest BCUT2D eigenvalue weighted by Crippen LogP contribution is -2.50. The molecule has 1 atom stereocenters. The van der Waals surface area contributed by atoms with Crippen LogP contribution in [0.4, 0.5) is 21.6 Å². The Balaban J connectivity index is 1.18. The molecule has 2 aromatic heterocycles. The number of hydrogen-bond donors (Lipinski definition) is 3. The van der Waals surface area contributed by atoms with Crippen LogP contribution in [0.2, 0.25) is 0 Å². The Hall–Kier alpha value is -4.75. The lowest BCUT2D eigenvalue weighted by molar-refractivity contribution is -0.0208. The molecule has 1 saturated carbocycles. The van der Waals surface area contributed by atoms with Crippen molar-refractivity contribution < 1.29 is 19.0 Å². The Kier molecular flexibility index (Phi) is 9.02. The molecule has 2 aliphatic rings. The summed E-state index contributed by atoms with van der Waals surface area (Å²) in [7, 11) is 0. The number of fused-ring (bicyclic) bond motifs is 1. The Labute approximate surface area is 270 Å². The summed E-state index contributed by atoms with van der Waals surface area (Å²) in [5, 5.41) is 12.7. The molecule has 13 heteroatoms. The van der Waals surface area contributed by atoms with E-state index in [4.69, 9.17) is 4.74 Å². The summed E-state index contributed by atoms with van der Waals surface area (Å²) in [6, 6.07) is 10.1. The molecule has 2 aromatic carbocycles. The molecule has 1 unspecified atom stereocenters. The highest BCUT2D eigenvalue weighted by molar-refractivity contribution is 5.93. The molecule has 4 aromatic rings. The molecule has 1 aliphatic heterocycles. The van der Waals surface area contributed by atoms with Crippen molar-refractivity contribution in [2.24, 2.45) is 0 Å². The largest absolute Gasteiger partial charge is 0.477 e. The molecule has 248 valence electrons. The fourth-order valence-corrected chi connectivity index (χ4v) is 6.33. The summed E-state index contributed by atoms with van der Waals surface area (Å²) < 4.78 is 24.2. The number of H-pyrrole nitrogens is 1. The van der Waals surface area contributed by atoms with E-state index in [0.29, 0.717) is 37.4 Å². The predicted octanol–water partition coefficient (Wildman–Crippen LogP) is 4.00. The summed E-state index contributed by atoms with van der Waals surface area (Å²) >= 11 is 0. The fraction of sp³-hybridized carbons (Fsp3) is 0.412. The number of aromatic amines is 1. The first kappa shape index (κ1) is 32.2. The van der Waals surface area contributed by atoms with E-state index in [1.54, 1.807) is 17.6 Å². The van der Waals surface area contributed by atoms with Gasteiger partial charge in [-0.2, -0.15) is 0 Å². The predicted molar refractivity (Wildman–Crippen MR) is 178 cm³/mol. The van der Waals surface area contributed by atoms with Crippen molar-refractivity contribution in [2.75, 3.05) is 49.5 Å². The number of nitrogens with one attached hydrogen (secondary N) is 2. The molecule has 1 saturated heterocycles. The number of aryl methyl sites for hydroxylation is 2. The van der Waals surface area contributed by atoms with E-state index in [2.05, 4.69) is 22.1 Å². The normalized spacial score (nSPS) is 16.0. The second-order valence-corrected chi connectivity index (χ2v) is 12.2. The summed E-state index contributed by atoms with van der Waals surface area (Å²) in [5.41, 5.74) is 1.80. The second-order valence-electron chi connectivity index (χ2n) is 12.2. The summed E-state index contributed by atoms with van der Waals surface area (Å²) in [5.74, 6) is -1.64. The molecular formula is C34H39FN6O6. The van der Waals surface area contributed by atoms with Gasteiger partial charge in [0.15, 0.2) is 6.23 Å². The molecule has 47 heavy (non-hydrogen) atoms. The third kappa shape index (κ3) is 6.58. The van der Waals surface area contributed by atoms with Crippen LogP contribution in [-0.4, -0.2) is 69.4 Å². The van der Waals surface area contributed by atoms with Crippen LogP contribution in [0, 0.1) is 12.7 Å². The minimum absolute atomic E-state index is 0.0534.